The molecule has 0 bridgehead atoms. The van der Waals surface area contributed by atoms with Crippen molar-refractivity contribution in [2.75, 3.05) is 0 Å². The lowest BCUT2D eigenvalue weighted by Crippen LogP contribution is -2.34. The van der Waals surface area contributed by atoms with Crippen molar-refractivity contribution in [2.45, 2.75) is 64.1 Å². The van der Waals surface area contributed by atoms with Crippen molar-refractivity contribution in [3.05, 3.63) is 11.8 Å². The smallest absolute Gasteiger partial charge is 0.118 e. The predicted octanol–water partition coefficient (Wildman–Crippen LogP) is 2.74. The normalized spacial score (nSPS) is 32.5. The molecule has 1 N–H and O–H groups in total. The van der Waals surface area contributed by atoms with Crippen molar-refractivity contribution >= 4 is 8.07 Å². The Morgan fingerprint density at radius 2 is 2.07 bits per heavy atom. The van der Waals surface area contributed by atoms with Gasteiger partial charge in [0.25, 0.3) is 0 Å². The van der Waals surface area contributed by atoms with Crippen molar-refractivity contribution in [3.8, 4) is 0 Å². The van der Waals surface area contributed by atoms with Gasteiger partial charge in [-0.3, -0.25) is 0 Å². The molecule has 1 aliphatic heterocycles. The molecular weight excluding hydrogens is 204 g/mol. The molecule has 0 aromatic heterocycles. The molecule has 0 unspecified atom stereocenters. The highest BCUT2D eigenvalue weighted by molar-refractivity contribution is 6.82. The third-order valence-corrected chi connectivity index (χ3v) is 5.84. The second kappa shape index (κ2) is 4.04. The second-order valence-corrected chi connectivity index (χ2v) is 11.0. The van der Waals surface area contributed by atoms with Gasteiger partial charge in [-0.2, -0.15) is 0 Å². The van der Waals surface area contributed by atoms with Crippen LogP contribution in [0, 0.1) is 0 Å². The lowest BCUT2D eigenvalue weighted by Gasteiger charge is -2.24. The average Bonchev–Trinajstić information content (AvgIpc) is 2.77. The monoisotopic (exact) mass is 228 g/mol. The maximum Gasteiger partial charge on any atom is 0.118 e. The lowest BCUT2D eigenvalue weighted by molar-refractivity contribution is 0.0863. The number of hydrogen-bond acceptors (Lipinski definition) is 2. The predicted molar refractivity (Wildman–Crippen MR) is 66.7 cm³/mol. The Bertz CT molecular complexity index is 257. The van der Waals surface area contributed by atoms with Crippen LogP contribution in [0.25, 0.3) is 0 Å². The van der Waals surface area contributed by atoms with Gasteiger partial charge < -0.3 is 9.84 Å². The van der Waals surface area contributed by atoms with Crippen molar-refractivity contribution in [2.24, 2.45) is 0 Å². The first kappa shape index (κ1) is 12.9. The van der Waals surface area contributed by atoms with Crippen LogP contribution in [0.5, 0.6) is 0 Å². The van der Waals surface area contributed by atoms with E-state index in [2.05, 4.69) is 33.1 Å². The van der Waals surface area contributed by atoms with E-state index in [0.717, 1.165) is 6.42 Å². The summed E-state index contributed by atoms with van der Waals surface area (Å²) in [5, 5.41) is 11.3. The van der Waals surface area contributed by atoms with Crippen LogP contribution in [0.3, 0.4) is 0 Å². The fourth-order valence-electron chi connectivity index (χ4n) is 1.80. The average molecular weight is 228 g/mol. The number of aliphatic hydroxyl groups is 1. The Balaban J connectivity index is 2.51. The molecule has 0 radical (unpaired) electrons. The van der Waals surface area contributed by atoms with Crippen LogP contribution in [0.1, 0.15) is 26.7 Å². The van der Waals surface area contributed by atoms with Gasteiger partial charge in [0.15, 0.2) is 0 Å². The molecule has 0 saturated carbocycles. The molecule has 15 heavy (non-hydrogen) atoms. The first-order valence-corrected chi connectivity index (χ1v) is 9.26. The van der Waals surface area contributed by atoms with Crippen molar-refractivity contribution in [3.63, 3.8) is 0 Å². The first-order valence-electron chi connectivity index (χ1n) is 5.76. The summed E-state index contributed by atoms with van der Waals surface area (Å²) in [6.07, 6.45) is 1.53. The van der Waals surface area contributed by atoms with Gasteiger partial charge in [0, 0.05) is 0 Å². The molecule has 0 aliphatic carbocycles. The summed E-state index contributed by atoms with van der Waals surface area (Å²) >= 11 is 0. The van der Waals surface area contributed by atoms with E-state index in [-0.39, 0.29) is 17.8 Å². The molecule has 1 heterocycles. The summed E-state index contributed by atoms with van der Waals surface area (Å²) in [4.78, 5) is 0. The molecular formula is C12H24O2Si. The van der Waals surface area contributed by atoms with Gasteiger partial charge >= 0.3 is 0 Å². The Hall–Kier alpha value is -0.123. The molecule has 0 amide bonds. The van der Waals surface area contributed by atoms with Crippen molar-refractivity contribution in [1.82, 2.24) is 0 Å². The molecule has 1 saturated heterocycles. The van der Waals surface area contributed by atoms with E-state index in [4.69, 9.17) is 4.74 Å². The largest absolute Gasteiger partial charge is 0.390 e. The summed E-state index contributed by atoms with van der Waals surface area (Å²) in [5.41, 5.74) is -0.308. The van der Waals surface area contributed by atoms with Crippen molar-refractivity contribution in [1.29, 1.82) is 0 Å². The van der Waals surface area contributed by atoms with E-state index in [0.29, 0.717) is 6.42 Å². The number of rotatable bonds is 5. The SMILES string of the molecule is C=C(C[C@@H](O)[C@@]1(C)O[C@@H]1CC)[Si](C)(C)C. The Kier molecular flexibility index (Phi) is 3.48. The third-order valence-electron chi connectivity index (χ3n) is 3.51. The highest BCUT2D eigenvalue weighted by atomic mass is 28.3. The Labute approximate surface area is 94.3 Å². The van der Waals surface area contributed by atoms with Gasteiger partial charge in [0.2, 0.25) is 0 Å². The van der Waals surface area contributed by atoms with E-state index < -0.39 is 8.07 Å². The molecule has 1 rings (SSSR count). The Morgan fingerprint density at radius 1 is 1.53 bits per heavy atom. The van der Waals surface area contributed by atoms with Gasteiger partial charge in [-0.25, -0.2) is 0 Å². The minimum absolute atomic E-state index is 0.238. The molecule has 3 atom stereocenters. The Morgan fingerprint density at radius 3 is 2.40 bits per heavy atom. The van der Waals surface area contributed by atoms with E-state index >= 15 is 0 Å². The van der Waals surface area contributed by atoms with Crippen LogP contribution < -0.4 is 0 Å². The van der Waals surface area contributed by atoms with Gasteiger partial charge in [0.1, 0.15) is 5.60 Å². The number of hydrogen-bond donors (Lipinski definition) is 1. The van der Waals surface area contributed by atoms with Crippen LogP contribution in [0.2, 0.25) is 19.6 Å². The molecule has 88 valence electrons. The highest BCUT2D eigenvalue weighted by Gasteiger charge is 2.56. The minimum Gasteiger partial charge on any atom is -0.390 e. The van der Waals surface area contributed by atoms with E-state index in [1.54, 1.807) is 0 Å². The van der Waals surface area contributed by atoms with Crippen LogP contribution >= 0.6 is 0 Å². The summed E-state index contributed by atoms with van der Waals surface area (Å²) in [7, 11) is -1.32. The fourth-order valence-corrected chi connectivity index (χ4v) is 2.60. The van der Waals surface area contributed by atoms with E-state index in [1.807, 2.05) is 6.92 Å². The standard InChI is InChI=1S/C12H24O2Si/c1-7-11-12(3,14-11)10(13)8-9(2)15(4,5)6/h10-11,13H,2,7-8H2,1,3-6H3/t10-,11-,12-/m1/s1. The molecule has 0 aromatic rings. The summed E-state index contributed by atoms with van der Waals surface area (Å²) in [5.74, 6) is 0. The number of ether oxygens (including phenoxy) is 1. The minimum atomic E-state index is -1.32. The lowest BCUT2D eigenvalue weighted by atomic mass is 9.97. The zero-order valence-corrected chi connectivity index (χ0v) is 11.6. The molecule has 0 aromatic carbocycles. The van der Waals surface area contributed by atoms with Crippen molar-refractivity contribution < 1.29 is 9.84 Å². The zero-order chi connectivity index (χ0) is 11.9. The summed E-state index contributed by atoms with van der Waals surface area (Å²) in [6, 6.07) is 0. The molecule has 1 aliphatic rings. The third kappa shape index (κ3) is 2.71. The summed E-state index contributed by atoms with van der Waals surface area (Å²) in [6.45, 7) is 15.0. The molecule has 1 fully saturated rings. The van der Waals surface area contributed by atoms with Crippen LogP contribution in [-0.2, 0) is 4.74 Å². The first-order chi connectivity index (χ1) is 6.71. The second-order valence-electron chi connectivity index (χ2n) is 5.77. The van der Waals surface area contributed by atoms with Crippen LogP contribution in [0.15, 0.2) is 11.8 Å². The van der Waals surface area contributed by atoms with E-state index in [1.165, 1.54) is 5.20 Å². The molecule has 2 nitrogen and oxygen atoms in total. The molecule has 3 heteroatoms. The maximum absolute atomic E-state index is 10.1. The van der Waals surface area contributed by atoms with E-state index in [9.17, 15) is 5.11 Å². The quantitative estimate of drug-likeness (QED) is 0.580. The maximum atomic E-state index is 10.1. The highest BCUT2D eigenvalue weighted by Crippen LogP contribution is 2.43. The van der Waals surface area contributed by atoms with Gasteiger partial charge in [-0.05, 0) is 19.8 Å². The fraction of sp³-hybridized carbons (Fsp3) is 0.833. The van der Waals surface area contributed by atoms with Gasteiger partial charge in [-0.1, -0.05) is 31.8 Å². The zero-order valence-electron chi connectivity index (χ0n) is 10.6. The number of epoxide rings is 1. The number of aliphatic hydroxyl groups excluding tert-OH is 1. The molecule has 0 spiro atoms. The van der Waals surface area contributed by atoms with Gasteiger partial charge in [-0.15, -0.1) is 6.58 Å². The topological polar surface area (TPSA) is 32.8 Å². The summed E-state index contributed by atoms with van der Waals surface area (Å²) < 4.78 is 5.55. The van der Waals surface area contributed by atoms with Gasteiger partial charge in [0.05, 0.1) is 20.3 Å². The van der Waals surface area contributed by atoms with Crippen LogP contribution in [0.4, 0.5) is 0 Å². The van der Waals surface area contributed by atoms with Crippen LogP contribution in [-0.4, -0.2) is 31.0 Å².